The predicted octanol–water partition coefficient (Wildman–Crippen LogP) is 1.09. The topological polar surface area (TPSA) is 46.2 Å². The number of rotatable bonds is 1. The quantitative estimate of drug-likeness (QED) is 0.674. The van der Waals surface area contributed by atoms with Crippen LogP contribution in [0.25, 0.3) is 0 Å². The van der Waals surface area contributed by atoms with Crippen LogP contribution in [0.4, 0.5) is 0 Å². The Bertz CT molecular complexity index is 335. The highest BCUT2D eigenvalue weighted by atomic mass is 16.3. The molecule has 1 unspecified atom stereocenters. The van der Waals surface area contributed by atoms with Gasteiger partial charge in [0.05, 0.1) is 0 Å². The molecule has 0 saturated heterocycles. The number of benzene rings is 1. The molecule has 2 heteroatoms. The molecular formula is C11H15NO. The van der Waals surface area contributed by atoms with Gasteiger partial charge in [-0.15, -0.1) is 0 Å². The summed E-state index contributed by atoms with van der Waals surface area (Å²) >= 11 is 0. The zero-order valence-corrected chi connectivity index (χ0v) is 7.88. The number of aryl methyl sites for hydroxylation is 1. The number of hydrogen-bond donors (Lipinski definition) is 2. The fraction of sp³-hybridized carbons (Fsp3) is 0.455. The molecule has 0 aromatic heterocycles. The Morgan fingerprint density at radius 2 is 2.31 bits per heavy atom. The van der Waals surface area contributed by atoms with Crippen molar-refractivity contribution < 1.29 is 5.11 Å². The molecule has 3 N–H and O–H groups in total. The zero-order chi connectivity index (χ0) is 9.47. The van der Waals surface area contributed by atoms with E-state index in [9.17, 15) is 5.11 Å². The third-order valence-electron chi connectivity index (χ3n) is 3.04. The van der Waals surface area contributed by atoms with E-state index >= 15 is 0 Å². The lowest BCUT2D eigenvalue weighted by atomic mass is 9.95. The summed E-state index contributed by atoms with van der Waals surface area (Å²) in [6.45, 7) is 2.41. The van der Waals surface area contributed by atoms with Crippen molar-refractivity contribution in [1.29, 1.82) is 0 Å². The standard InChI is InChI=1S/C11H15NO/c1-8-3-2-4-10-9(8)5-6-11(10,13)7-12/h2-4,13H,5-7,12H2,1H3. The summed E-state index contributed by atoms with van der Waals surface area (Å²) in [6, 6.07) is 6.06. The SMILES string of the molecule is Cc1cccc2c1CCC2(O)CN. The molecule has 1 atom stereocenters. The van der Waals surface area contributed by atoms with Crippen LogP contribution in [0.5, 0.6) is 0 Å². The van der Waals surface area contributed by atoms with E-state index in [-0.39, 0.29) is 0 Å². The van der Waals surface area contributed by atoms with E-state index < -0.39 is 5.60 Å². The molecule has 0 heterocycles. The number of fused-ring (bicyclic) bond motifs is 1. The molecule has 0 aliphatic heterocycles. The maximum absolute atomic E-state index is 10.2. The molecule has 2 rings (SSSR count). The third-order valence-corrected chi connectivity index (χ3v) is 3.04. The Kier molecular flexibility index (Phi) is 1.90. The molecule has 2 nitrogen and oxygen atoms in total. The van der Waals surface area contributed by atoms with Crippen molar-refractivity contribution >= 4 is 0 Å². The van der Waals surface area contributed by atoms with E-state index in [4.69, 9.17) is 5.73 Å². The lowest BCUT2D eigenvalue weighted by Gasteiger charge is -2.21. The Hall–Kier alpha value is -0.860. The largest absolute Gasteiger partial charge is 0.384 e. The Balaban J connectivity index is 2.55. The molecule has 13 heavy (non-hydrogen) atoms. The molecule has 1 aromatic carbocycles. The van der Waals surface area contributed by atoms with E-state index in [0.717, 1.165) is 18.4 Å². The maximum Gasteiger partial charge on any atom is 0.102 e. The van der Waals surface area contributed by atoms with Crippen molar-refractivity contribution in [2.24, 2.45) is 5.73 Å². The summed E-state index contributed by atoms with van der Waals surface area (Å²) < 4.78 is 0. The lowest BCUT2D eigenvalue weighted by Crippen LogP contribution is -2.32. The summed E-state index contributed by atoms with van der Waals surface area (Å²) in [5, 5.41) is 10.2. The minimum atomic E-state index is -0.763. The fourth-order valence-electron chi connectivity index (χ4n) is 2.15. The van der Waals surface area contributed by atoms with Crippen LogP contribution in [0.1, 0.15) is 23.1 Å². The molecule has 1 aliphatic carbocycles. The van der Waals surface area contributed by atoms with Gasteiger partial charge >= 0.3 is 0 Å². The molecule has 1 aromatic rings. The first kappa shape index (κ1) is 8.73. The molecule has 0 amide bonds. The van der Waals surface area contributed by atoms with Crippen molar-refractivity contribution in [3.63, 3.8) is 0 Å². The first-order valence-electron chi connectivity index (χ1n) is 4.69. The van der Waals surface area contributed by atoms with E-state index in [1.165, 1.54) is 11.1 Å². The first-order valence-corrected chi connectivity index (χ1v) is 4.69. The monoisotopic (exact) mass is 177 g/mol. The smallest absolute Gasteiger partial charge is 0.102 e. The second kappa shape index (κ2) is 2.82. The van der Waals surface area contributed by atoms with Crippen LogP contribution in [0.15, 0.2) is 18.2 Å². The minimum absolute atomic E-state index is 0.323. The first-order chi connectivity index (χ1) is 6.17. The third kappa shape index (κ3) is 1.18. The average Bonchev–Trinajstić information content (AvgIpc) is 2.47. The highest BCUT2D eigenvalue weighted by Crippen LogP contribution is 2.37. The molecule has 0 bridgehead atoms. The fourth-order valence-corrected chi connectivity index (χ4v) is 2.15. The second-order valence-electron chi connectivity index (χ2n) is 3.84. The summed E-state index contributed by atoms with van der Waals surface area (Å²) in [6.07, 6.45) is 1.72. The van der Waals surface area contributed by atoms with Crippen LogP contribution >= 0.6 is 0 Å². The molecular weight excluding hydrogens is 162 g/mol. The highest BCUT2D eigenvalue weighted by molar-refractivity contribution is 5.42. The molecule has 0 fully saturated rings. The van der Waals surface area contributed by atoms with E-state index in [1.807, 2.05) is 12.1 Å². The zero-order valence-electron chi connectivity index (χ0n) is 7.88. The van der Waals surface area contributed by atoms with Crippen LogP contribution in [-0.4, -0.2) is 11.7 Å². The van der Waals surface area contributed by atoms with Gasteiger partial charge in [-0.25, -0.2) is 0 Å². The summed E-state index contributed by atoms with van der Waals surface area (Å²) in [5.41, 5.74) is 8.41. The van der Waals surface area contributed by atoms with Gasteiger partial charge in [-0.05, 0) is 36.5 Å². The van der Waals surface area contributed by atoms with Gasteiger partial charge in [0.1, 0.15) is 5.60 Å². The van der Waals surface area contributed by atoms with Crippen molar-refractivity contribution in [3.8, 4) is 0 Å². The summed E-state index contributed by atoms with van der Waals surface area (Å²) in [4.78, 5) is 0. The van der Waals surface area contributed by atoms with Gasteiger partial charge in [0.15, 0.2) is 0 Å². The second-order valence-corrected chi connectivity index (χ2v) is 3.84. The predicted molar refractivity (Wildman–Crippen MR) is 52.5 cm³/mol. The van der Waals surface area contributed by atoms with E-state index in [0.29, 0.717) is 6.54 Å². The van der Waals surface area contributed by atoms with Crippen LogP contribution in [-0.2, 0) is 12.0 Å². The molecule has 1 aliphatic rings. The average molecular weight is 177 g/mol. The van der Waals surface area contributed by atoms with E-state index in [1.54, 1.807) is 0 Å². The lowest BCUT2D eigenvalue weighted by molar-refractivity contribution is 0.0481. The van der Waals surface area contributed by atoms with Gasteiger partial charge in [-0.1, -0.05) is 18.2 Å². The van der Waals surface area contributed by atoms with Crippen molar-refractivity contribution in [2.75, 3.05) is 6.54 Å². The van der Waals surface area contributed by atoms with Crippen molar-refractivity contribution in [3.05, 3.63) is 34.9 Å². The molecule has 0 saturated carbocycles. The normalized spacial score (nSPS) is 26.1. The number of hydrogen-bond acceptors (Lipinski definition) is 2. The highest BCUT2D eigenvalue weighted by Gasteiger charge is 2.35. The van der Waals surface area contributed by atoms with Crippen LogP contribution in [0, 0.1) is 6.92 Å². The van der Waals surface area contributed by atoms with Gasteiger partial charge in [0, 0.05) is 6.54 Å². The molecule has 0 spiro atoms. The van der Waals surface area contributed by atoms with Crippen molar-refractivity contribution in [2.45, 2.75) is 25.4 Å². The molecule has 70 valence electrons. The Morgan fingerprint density at radius 1 is 1.54 bits per heavy atom. The maximum atomic E-state index is 10.2. The minimum Gasteiger partial charge on any atom is -0.384 e. The van der Waals surface area contributed by atoms with Gasteiger partial charge in [0.2, 0.25) is 0 Å². The van der Waals surface area contributed by atoms with Gasteiger partial charge < -0.3 is 10.8 Å². The number of nitrogens with two attached hydrogens (primary N) is 1. The summed E-state index contributed by atoms with van der Waals surface area (Å²) in [7, 11) is 0. The molecule has 0 radical (unpaired) electrons. The van der Waals surface area contributed by atoms with Crippen LogP contribution < -0.4 is 5.73 Å². The van der Waals surface area contributed by atoms with Gasteiger partial charge in [-0.3, -0.25) is 0 Å². The Labute approximate surface area is 78.4 Å². The summed E-state index contributed by atoms with van der Waals surface area (Å²) in [5.74, 6) is 0. The van der Waals surface area contributed by atoms with Crippen LogP contribution in [0.2, 0.25) is 0 Å². The van der Waals surface area contributed by atoms with E-state index in [2.05, 4.69) is 13.0 Å². The van der Waals surface area contributed by atoms with Crippen molar-refractivity contribution in [1.82, 2.24) is 0 Å². The number of aliphatic hydroxyl groups is 1. The Morgan fingerprint density at radius 3 is 3.00 bits per heavy atom. The van der Waals surface area contributed by atoms with Gasteiger partial charge in [-0.2, -0.15) is 0 Å². The van der Waals surface area contributed by atoms with Crippen LogP contribution in [0.3, 0.4) is 0 Å². The van der Waals surface area contributed by atoms with Gasteiger partial charge in [0.25, 0.3) is 0 Å².